The van der Waals surface area contributed by atoms with Gasteiger partial charge in [-0.05, 0) is 32.1 Å². The molecule has 3 heteroatoms. The molecular formula is C17H34N2O. The molecule has 0 aromatic heterocycles. The lowest BCUT2D eigenvalue weighted by Crippen LogP contribution is -2.54. The van der Waals surface area contributed by atoms with E-state index in [0.29, 0.717) is 11.5 Å². The van der Waals surface area contributed by atoms with E-state index in [1.54, 1.807) is 0 Å². The number of hydrogen-bond acceptors (Lipinski definition) is 3. The van der Waals surface area contributed by atoms with Crippen LogP contribution in [0.4, 0.5) is 0 Å². The van der Waals surface area contributed by atoms with E-state index in [1.807, 2.05) is 0 Å². The topological polar surface area (TPSA) is 24.5 Å². The Hall–Kier alpha value is -0.120. The molecule has 20 heavy (non-hydrogen) atoms. The molecule has 1 aliphatic heterocycles. The van der Waals surface area contributed by atoms with Crippen LogP contribution in [0.5, 0.6) is 0 Å². The summed E-state index contributed by atoms with van der Waals surface area (Å²) in [6.07, 6.45) is 7.04. The number of ether oxygens (including phenoxy) is 1. The summed E-state index contributed by atoms with van der Waals surface area (Å²) < 4.78 is 5.86. The first-order valence-electron chi connectivity index (χ1n) is 8.51. The van der Waals surface area contributed by atoms with E-state index in [1.165, 1.54) is 45.2 Å². The summed E-state index contributed by atoms with van der Waals surface area (Å²) in [5.74, 6) is 0. The molecule has 0 bridgehead atoms. The average molecular weight is 282 g/mol. The van der Waals surface area contributed by atoms with Gasteiger partial charge in [0, 0.05) is 32.2 Å². The first kappa shape index (κ1) is 16.3. The highest BCUT2D eigenvalue weighted by Crippen LogP contribution is 2.37. The molecule has 1 saturated heterocycles. The van der Waals surface area contributed by atoms with Crippen LogP contribution in [0.2, 0.25) is 0 Å². The van der Waals surface area contributed by atoms with E-state index in [4.69, 9.17) is 4.74 Å². The molecule has 0 radical (unpaired) electrons. The monoisotopic (exact) mass is 282 g/mol. The van der Waals surface area contributed by atoms with E-state index in [0.717, 1.165) is 19.7 Å². The first-order chi connectivity index (χ1) is 9.41. The van der Waals surface area contributed by atoms with Crippen LogP contribution >= 0.6 is 0 Å². The van der Waals surface area contributed by atoms with E-state index >= 15 is 0 Å². The maximum atomic E-state index is 5.86. The predicted octanol–water partition coefficient (Wildman–Crippen LogP) is 3.05. The smallest absolute Gasteiger partial charge is 0.0753 e. The molecule has 1 saturated carbocycles. The van der Waals surface area contributed by atoms with Gasteiger partial charge in [0.1, 0.15) is 0 Å². The Labute approximate surface area is 125 Å². The molecule has 2 aliphatic rings. The zero-order valence-electron chi connectivity index (χ0n) is 14.0. The Bertz CT molecular complexity index is 295. The largest absolute Gasteiger partial charge is 0.373 e. The zero-order chi connectivity index (χ0) is 14.6. The van der Waals surface area contributed by atoms with Crippen LogP contribution in [0.3, 0.4) is 0 Å². The van der Waals surface area contributed by atoms with Crippen LogP contribution in [0, 0.1) is 5.41 Å². The van der Waals surface area contributed by atoms with Gasteiger partial charge >= 0.3 is 0 Å². The van der Waals surface area contributed by atoms with Gasteiger partial charge in [0.2, 0.25) is 0 Å². The summed E-state index contributed by atoms with van der Waals surface area (Å²) in [7, 11) is 0. The van der Waals surface area contributed by atoms with Crippen molar-refractivity contribution in [2.75, 3.05) is 32.8 Å². The van der Waals surface area contributed by atoms with Crippen molar-refractivity contribution in [3.8, 4) is 0 Å². The van der Waals surface area contributed by atoms with Gasteiger partial charge in [-0.3, -0.25) is 4.90 Å². The highest BCUT2D eigenvalue weighted by atomic mass is 16.5. The van der Waals surface area contributed by atoms with Crippen LogP contribution in [0.25, 0.3) is 0 Å². The van der Waals surface area contributed by atoms with Crippen LogP contribution in [0.1, 0.15) is 59.8 Å². The summed E-state index contributed by atoms with van der Waals surface area (Å²) in [6, 6.07) is 0.593. The molecule has 2 rings (SSSR count). The second-order valence-electron chi connectivity index (χ2n) is 7.92. The summed E-state index contributed by atoms with van der Waals surface area (Å²) in [5, 5.41) is 3.71. The molecule has 0 aromatic carbocycles. The average Bonchev–Trinajstić information content (AvgIpc) is 2.36. The minimum atomic E-state index is 0.0274. The predicted molar refractivity (Wildman–Crippen MR) is 85.1 cm³/mol. The summed E-state index contributed by atoms with van der Waals surface area (Å²) in [4.78, 5) is 2.65. The quantitative estimate of drug-likeness (QED) is 0.839. The van der Waals surface area contributed by atoms with Gasteiger partial charge in [0.15, 0.2) is 0 Å². The lowest BCUT2D eigenvalue weighted by atomic mass is 9.73. The Morgan fingerprint density at radius 2 is 1.85 bits per heavy atom. The van der Waals surface area contributed by atoms with Gasteiger partial charge in [-0.2, -0.15) is 0 Å². The molecule has 3 nitrogen and oxygen atoms in total. The summed E-state index contributed by atoms with van der Waals surface area (Å²) >= 11 is 0. The van der Waals surface area contributed by atoms with Gasteiger partial charge in [0.25, 0.3) is 0 Å². The van der Waals surface area contributed by atoms with Crippen LogP contribution in [0.15, 0.2) is 0 Å². The van der Waals surface area contributed by atoms with E-state index in [-0.39, 0.29) is 5.60 Å². The number of morpholine rings is 1. The second kappa shape index (κ2) is 6.76. The van der Waals surface area contributed by atoms with Crippen molar-refractivity contribution in [1.82, 2.24) is 10.2 Å². The minimum Gasteiger partial charge on any atom is -0.373 e. The lowest BCUT2D eigenvalue weighted by molar-refractivity contribution is -0.0965. The maximum absolute atomic E-state index is 5.86. The molecule has 1 aliphatic carbocycles. The molecule has 2 fully saturated rings. The highest BCUT2D eigenvalue weighted by molar-refractivity contribution is 4.90. The van der Waals surface area contributed by atoms with Crippen molar-refractivity contribution in [3.63, 3.8) is 0 Å². The third kappa shape index (κ3) is 4.71. The normalized spacial score (nSPS) is 26.9. The number of nitrogens with one attached hydrogen (secondary N) is 1. The van der Waals surface area contributed by atoms with Crippen molar-refractivity contribution in [2.24, 2.45) is 5.41 Å². The summed E-state index contributed by atoms with van der Waals surface area (Å²) in [5.41, 5.74) is 0.523. The third-order valence-electron chi connectivity index (χ3n) is 4.86. The van der Waals surface area contributed by atoms with Gasteiger partial charge in [-0.15, -0.1) is 0 Å². The molecular weight excluding hydrogens is 248 g/mol. The van der Waals surface area contributed by atoms with E-state index < -0.39 is 0 Å². The second-order valence-corrected chi connectivity index (χ2v) is 7.92. The molecule has 1 heterocycles. The third-order valence-corrected chi connectivity index (χ3v) is 4.86. The van der Waals surface area contributed by atoms with Gasteiger partial charge < -0.3 is 10.1 Å². The number of rotatable bonds is 5. The minimum absolute atomic E-state index is 0.0274. The Morgan fingerprint density at radius 3 is 2.45 bits per heavy atom. The zero-order valence-corrected chi connectivity index (χ0v) is 14.0. The van der Waals surface area contributed by atoms with Crippen molar-refractivity contribution in [2.45, 2.75) is 71.4 Å². The maximum Gasteiger partial charge on any atom is 0.0753 e. The van der Waals surface area contributed by atoms with Crippen LogP contribution in [-0.4, -0.2) is 49.3 Å². The first-order valence-corrected chi connectivity index (χ1v) is 8.51. The fourth-order valence-corrected chi connectivity index (χ4v) is 3.84. The van der Waals surface area contributed by atoms with Gasteiger partial charge in [-0.25, -0.2) is 0 Å². The van der Waals surface area contributed by atoms with Crippen molar-refractivity contribution >= 4 is 0 Å². The number of nitrogens with zero attached hydrogens (tertiary/aromatic N) is 1. The van der Waals surface area contributed by atoms with Crippen molar-refractivity contribution in [3.05, 3.63) is 0 Å². The Balaban J connectivity index is 1.96. The molecule has 0 atom stereocenters. The summed E-state index contributed by atoms with van der Waals surface area (Å²) in [6.45, 7) is 14.5. The SMILES string of the molecule is CC(C)NCC1(CN2CCOC(C)(C)C2)CCCCC1. The molecule has 118 valence electrons. The molecule has 0 amide bonds. The number of hydrogen-bond donors (Lipinski definition) is 1. The Morgan fingerprint density at radius 1 is 1.15 bits per heavy atom. The van der Waals surface area contributed by atoms with Crippen molar-refractivity contribution < 1.29 is 4.74 Å². The van der Waals surface area contributed by atoms with E-state index in [9.17, 15) is 0 Å². The fourth-order valence-electron chi connectivity index (χ4n) is 3.84. The standard InChI is InChI=1S/C17H34N2O/c1-15(2)18-12-17(8-6-5-7-9-17)14-19-10-11-20-16(3,4)13-19/h15,18H,5-14H2,1-4H3. The van der Waals surface area contributed by atoms with Crippen LogP contribution < -0.4 is 5.32 Å². The van der Waals surface area contributed by atoms with Crippen LogP contribution in [-0.2, 0) is 4.74 Å². The fraction of sp³-hybridized carbons (Fsp3) is 1.00. The Kier molecular flexibility index (Phi) is 5.49. The molecule has 0 aromatic rings. The van der Waals surface area contributed by atoms with E-state index in [2.05, 4.69) is 37.9 Å². The highest BCUT2D eigenvalue weighted by Gasteiger charge is 2.36. The molecule has 0 unspecified atom stereocenters. The van der Waals surface area contributed by atoms with Gasteiger partial charge in [-0.1, -0.05) is 33.1 Å². The van der Waals surface area contributed by atoms with Crippen molar-refractivity contribution in [1.29, 1.82) is 0 Å². The van der Waals surface area contributed by atoms with Gasteiger partial charge in [0.05, 0.1) is 12.2 Å². The molecule has 0 spiro atoms. The molecule has 1 N–H and O–H groups in total. The lowest BCUT2D eigenvalue weighted by Gasteiger charge is -2.46.